The van der Waals surface area contributed by atoms with Crippen LogP contribution in [0.25, 0.3) is 0 Å². The second-order valence-electron chi connectivity index (χ2n) is 4.12. The first kappa shape index (κ1) is 13.0. The van der Waals surface area contributed by atoms with Crippen LogP contribution in [0, 0.1) is 0 Å². The van der Waals surface area contributed by atoms with Gasteiger partial charge in [-0.3, -0.25) is 0 Å². The largest absolute Gasteiger partial charge is 0.349 e. The molecule has 0 atom stereocenters. The quantitative estimate of drug-likeness (QED) is 0.447. The van der Waals surface area contributed by atoms with Gasteiger partial charge in [-0.25, -0.2) is 0 Å². The van der Waals surface area contributed by atoms with Crippen molar-refractivity contribution in [3.8, 4) is 0 Å². The van der Waals surface area contributed by atoms with Gasteiger partial charge in [0.1, 0.15) is 0 Å². The van der Waals surface area contributed by atoms with Crippen LogP contribution in [-0.4, -0.2) is 38.5 Å². The van der Waals surface area contributed by atoms with E-state index in [9.17, 15) is 0 Å². The van der Waals surface area contributed by atoms with E-state index in [-0.39, 0.29) is 0 Å². The summed E-state index contributed by atoms with van der Waals surface area (Å²) < 4.78 is 0. The number of nitrogens with one attached hydrogen (secondary N) is 1. The van der Waals surface area contributed by atoms with Crippen molar-refractivity contribution < 1.29 is 0 Å². The molecule has 0 aromatic rings. The van der Waals surface area contributed by atoms with Crippen LogP contribution in [0.4, 0.5) is 0 Å². The van der Waals surface area contributed by atoms with Gasteiger partial charge in [0, 0.05) is 6.04 Å². The van der Waals surface area contributed by atoms with E-state index >= 15 is 0 Å². The Morgan fingerprint density at radius 3 is 2.38 bits per heavy atom. The third kappa shape index (κ3) is 9.90. The van der Waals surface area contributed by atoms with Crippen LogP contribution in [0.3, 0.4) is 0 Å². The van der Waals surface area contributed by atoms with Crippen molar-refractivity contribution in [1.82, 2.24) is 10.1 Å². The summed E-state index contributed by atoms with van der Waals surface area (Å²) in [5.74, 6) is 0. The molecule has 0 rings (SSSR count). The minimum atomic E-state index is 0.626. The minimum Gasteiger partial charge on any atom is -0.349 e. The predicted molar refractivity (Wildman–Crippen MR) is 62.8 cm³/mol. The Bertz CT molecular complexity index is 107. The molecule has 1 N–H and O–H groups in total. The van der Waals surface area contributed by atoms with Gasteiger partial charge in [0.25, 0.3) is 0 Å². The summed E-state index contributed by atoms with van der Waals surface area (Å²) in [6, 6.07) is 0.626. The third-order valence-corrected chi connectivity index (χ3v) is 2.16. The molecule has 0 aromatic carbocycles. The molecule has 0 fully saturated rings. The maximum atomic E-state index is 3.43. The van der Waals surface area contributed by atoms with Crippen LogP contribution in [0.5, 0.6) is 0 Å². The molecular weight excluding hydrogens is 159 g/mol. The Morgan fingerprint density at radius 2 is 1.85 bits per heavy atom. The van der Waals surface area contributed by atoms with Crippen LogP contribution in [0.15, 0.2) is 0 Å². The normalized spacial score (nSPS) is 11.5. The molecule has 0 saturated heterocycles. The first-order valence-electron chi connectivity index (χ1n) is 5.58. The summed E-state index contributed by atoms with van der Waals surface area (Å²) in [6.45, 7) is 10.3. The maximum absolute atomic E-state index is 3.43. The molecule has 13 heavy (non-hydrogen) atoms. The van der Waals surface area contributed by atoms with Gasteiger partial charge >= 0.3 is 0 Å². The smallest absolute Gasteiger partial charge is 0.185 e. The van der Waals surface area contributed by atoms with Gasteiger partial charge in [0.05, 0.1) is 0 Å². The fourth-order valence-corrected chi connectivity index (χ4v) is 1.28. The van der Waals surface area contributed by atoms with E-state index in [2.05, 4.69) is 38.9 Å². The zero-order valence-corrected chi connectivity index (χ0v) is 9.77. The van der Waals surface area contributed by atoms with Crippen molar-refractivity contribution in [2.45, 2.75) is 46.1 Å². The van der Waals surface area contributed by atoms with Crippen molar-refractivity contribution in [3.05, 3.63) is 0 Å². The minimum absolute atomic E-state index is 0.626. The molecule has 3 heteroatoms. The standard InChI is InChI=1S/C10H25BN2/c1-4-5-8-13(11)9-6-7-12-10(2)3/h10,12H,4-9,11H2,1-3H3. The Hall–Kier alpha value is -0.0151. The van der Waals surface area contributed by atoms with Crippen molar-refractivity contribution in [1.29, 1.82) is 0 Å². The molecule has 0 aliphatic rings. The topological polar surface area (TPSA) is 15.3 Å². The highest BCUT2D eigenvalue weighted by Gasteiger charge is 1.97. The predicted octanol–water partition coefficient (Wildman–Crippen LogP) is 1.02. The summed E-state index contributed by atoms with van der Waals surface area (Å²) in [4.78, 5) is 2.42. The molecule has 0 bridgehead atoms. The fraction of sp³-hybridized carbons (Fsp3) is 1.00. The lowest BCUT2D eigenvalue weighted by Gasteiger charge is -2.17. The van der Waals surface area contributed by atoms with E-state index in [1.807, 2.05) is 0 Å². The van der Waals surface area contributed by atoms with Gasteiger partial charge in [-0.05, 0) is 32.5 Å². The molecule has 0 amide bonds. The van der Waals surface area contributed by atoms with Crippen molar-refractivity contribution in [2.24, 2.45) is 0 Å². The summed E-state index contributed by atoms with van der Waals surface area (Å²) in [7, 11) is 2.21. The Morgan fingerprint density at radius 1 is 1.23 bits per heavy atom. The molecule has 78 valence electrons. The lowest BCUT2D eigenvalue weighted by atomic mass is 10.2. The molecule has 0 heterocycles. The number of nitrogens with zero attached hydrogens (tertiary/aromatic N) is 1. The maximum Gasteiger partial charge on any atom is 0.185 e. The zero-order chi connectivity index (χ0) is 10.1. The van der Waals surface area contributed by atoms with Gasteiger partial charge in [-0.15, -0.1) is 0 Å². The number of hydrogen-bond donors (Lipinski definition) is 1. The SMILES string of the molecule is BN(CCCC)CCCNC(C)C. The molecule has 0 aromatic heterocycles. The molecule has 0 unspecified atom stereocenters. The average Bonchev–Trinajstić information content (AvgIpc) is 2.08. The number of hydrogen-bond acceptors (Lipinski definition) is 2. The highest BCUT2D eigenvalue weighted by atomic mass is 15.0. The van der Waals surface area contributed by atoms with E-state index in [1.54, 1.807) is 0 Å². The number of unbranched alkanes of at least 4 members (excludes halogenated alkanes) is 1. The highest BCUT2D eigenvalue weighted by molar-refractivity contribution is 6.04. The van der Waals surface area contributed by atoms with Gasteiger partial charge in [-0.1, -0.05) is 27.2 Å². The molecule has 0 aliphatic heterocycles. The lowest BCUT2D eigenvalue weighted by Crippen LogP contribution is -2.29. The molecule has 0 aliphatic carbocycles. The van der Waals surface area contributed by atoms with Crippen molar-refractivity contribution >= 4 is 7.98 Å². The fourth-order valence-electron chi connectivity index (χ4n) is 1.28. The Labute approximate surface area is 84.5 Å². The van der Waals surface area contributed by atoms with Gasteiger partial charge in [0.15, 0.2) is 7.98 Å². The first-order chi connectivity index (χ1) is 6.16. The van der Waals surface area contributed by atoms with Crippen LogP contribution in [0.2, 0.25) is 0 Å². The molecular formula is C10H25BN2. The van der Waals surface area contributed by atoms with Gasteiger partial charge in [-0.2, -0.15) is 0 Å². The van der Waals surface area contributed by atoms with Gasteiger partial charge < -0.3 is 10.1 Å². The van der Waals surface area contributed by atoms with E-state index in [0.29, 0.717) is 6.04 Å². The lowest BCUT2D eigenvalue weighted by molar-refractivity contribution is 0.419. The van der Waals surface area contributed by atoms with Crippen molar-refractivity contribution in [2.75, 3.05) is 19.6 Å². The second-order valence-corrected chi connectivity index (χ2v) is 4.12. The monoisotopic (exact) mass is 184 g/mol. The summed E-state index contributed by atoms with van der Waals surface area (Å²) in [5, 5.41) is 3.43. The first-order valence-corrected chi connectivity index (χ1v) is 5.58. The van der Waals surface area contributed by atoms with Crippen LogP contribution in [-0.2, 0) is 0 Å². The zero-order valence-electron chi connectivity index (χ0n) is 9.77. The van der Waals surface area contributed by atoms with E-state index in [0.717, 1.165) is 6.54 Å². The average molecular weight is 184 g/mol. The highest BCUT2D eigenvalue weighted by Crippen LogP contribution is 1.92. The van der Waals surface area contributed by atoms with Crippen LogP contribution < -0.4 is 5.32 Å². The summed E-state index contributed by atoms with van der Waals surface area (Å²) in [6.07, 6.45) is 3.89. The van der Waals surface area contributed by atoms with E-state index in [4.69, 9.17) is 0 Å². The molecule has 0 spiro atoms. The van der Waals surface area contributed by atoms with Crippen LogP contribution >= 0.6 is 0 Å². The van der Waals surface area contributed by atoms with E-state index < -0.39 is 0 Å². The van der Waals surface area contributed by atoms with Crippen LogP contribution in [0.1, 0.15) is 40.0 Å². The molecule has 0 saturated carbocycles. The second kappa shape index (κ2) is 8.58. The molecule has 2 nitrogen and oxygen atoms in total. The van der Waals surface area contributed by atoms with Gasteiger partial charge in [0.2, 0.25) is 0 Å². The summed E-state index contributed by atoms with van der Waals surface area (Å²) >= 11 is 0. The van der Waals surface area contributed by atoms with Crippen molar-refractivity contribution in [3.63, 3.8) is 0 Å². The molecule has 0 radical (unpaired) electrons. The Balaban J connectivity index is 3.12. The third-order valence-electron chi connectivity index (χ3n) is 2.16. The summed E-state index contributed by atoms with van der Waals surface area (Å²) in [5.41, 5.74) is 0. The van der Waals surface area contributed by atoms with E-state index in [1.165, 1.54) is 32.4 Å². The number of rotatable bonds is 8. The Kier molecular flexibility index (Phi) is 8.57.